The number of benzene rings is 1. The van der Waals surface area contributed by atoms with Crippen molar-refractivity contribution in [3.8, 4) is 11.3 Å². The van der Waals surface area contributed by atoms with E-state index in [4.69, 9.17) is 16.3 Å². The lowest BCUT2D eigenvalue weighted by Gasteiger charge is -2.35. The van der Waals surface area contributed by atoms with Crippen molar-refractivity contribution in [3.05, 3.63) is 51.7 Å². The van der Waals surface area contributed by atoms with Gasteiger partial charge in [0.1, 0.15) is 11.5 Å². The summed E-state index contributed by atoms with van der Waals surface area (Å²) in [5, 5.41) is 2.63. The van der Waals surface area contributed by atoms with Crippen molar-refractivity contribution in [2.75, 3.05) is 56.1 Å². The first-order chi connectivity index (χ1) is 21.5. The second-order valence-electron chi connectivity index (χ2n) is 11.0. The average molecular weight is 666 g/mol. The molecule has 45 heavy (non-hydrogen) atoms. The third-order valence-electron chi connectivity index (χ3n) is 8.00. The number of nitrogens with one attached hydrogen (secondary N) is 1. The van der Waals surface area contributed by atoms with Gasteiger partial charge in [-0.2, -0.15) is 13.2 Å². The maximum absolute atomic E-state index is 13.6. The minimum Gasteiger partial charge on any atom is -0.466 e. The van der Waals surface area contributed by atoms with Crippen LogP contribution < -0.4 is 10.2 Å². The number of ether oxygens (including phenoxy) is 1. The number of hydrogen-bond donors (Lipinski definition) is 1. The number of anilines is 2. The number of alkyl halides is 3. The molecule has 1 N–H and O–H groups in total. The Hall–Kier alpha value is -3.33. The number of hydrogen-bond acceptors (Lipinski definition) is 10. The van der Waals surface area contributed by atoms with Gasteiger partial charge in [-0.3, -0.25) is 24.7 Å². The maximum Gasteiger partial charge on any atom is 0.417 e. The van der Waals surface area contributed by atoms with Crippen LogP contribution in [0.1, 0.15) is 54.0 Å². The smallest absolute Gasteiger partial charge is 0.417 e. The molecule has 5 rings (SSSR count). The highest BCUT2D eigenvalue weighted by atomic mass is 35.5. The molecule has 0 spiro atoms. The van der Waals surface area contributed by atoms with Gasteiger partial charge in [-0.1, -0.05) is 29.0 Å². The predicted octanol–water partition coefficient (Wildman–Crippen LogP) is 5.58. The molecule has 0 bridgehead atoms. The Kier molecular flexibility index (Phi) is 10.6. The van der Waals surface area contributed by atoms with E-state index >= 15 is 0 Å². The van der Waals surface area contributed by atoms with E-state index in [9.17, 15) is 22.8 Å². The maximum atomic E-state index is 13.6. The first-order valence-electron chi connectivity index (χ1n) is 14.9. The molecule has 10 nitrogen and oxygen atoms in total. The molecule has 4 heterocycles. The summed E-state index contributed by atoms with van der Waals surface area (Å²) < 4.78 is 45.9. The van der Waals surface area contributed by atoms with Crippen LogP contribution in [-0.4, -0.2) is 88.5 Å². The fraction of sp³-hybridized carbons (Fsp3) is 0.500. The quantitative estimate of drug-likeness (QED) is 0.278. The van der Waals surface area contributed by atoms with Crippen LogP contribution >= 0.6 is 22.9 Å². The normalized spacial score (nSPS) is 17.9. The summed E-state index contributed by atoms with van der Waals surface area (Å²) in [5.41, 5.74) is -0.201. The van der Waals surface area contributed by atoms with E-state index in [0.29, 0.717) is 56.8 Å². The fourth-order valence-electron chi connectivity index (χ4n) is 5.49. The minimum absolute atomic E-state index is 0.0872. The summed E-state index contributed by atoms with van der Waals surface area (Å²) in [4.78, 5) is 45.3. The largest absolute Gasteiger partial charge is 0.466 e. The molecule has 2 aliphatic heterocycles. The van der Waals surface area contributed by atoms with E-state index in [1.54, 1.807) is 13.1 Å². The van der Waals surface area contributed by atoms with Crippen molar-refractivity contribution in [1.29, 1.82) is 0 Å². The molecule has 1 atom stereocenters. The Morgan fingerprint density at radius 3 is 2.56 bits per heavy atom. The van der Waals surface area contributed by atoms with Crippen LogP contribution in [0.5, 0.6) is 0 Å². The Balaban J connectivity index is 1.27. The van der Waals surface area contributed by atoms with Crippen molar-refractivity contribution in [1.82, 2.24) is 24.8 Å². The highest BCUT2D eigenvalue weighted by Crippen LogP contribution is 2.40. The molecular formula is C30H35ClF3N7O3S. The van der Waals surface area contributed by atoms with Crippen LogP contribution in [0.2, 0.25) is 5.02 Å². The molecule has 2 aromatic heterocycles. The number of nitrogens with zero attached hydrogens (tertiary/aromatic N) is 6. The third-order valence-corrected chi connectivity index (χ3v) is 9.29. The second kappa shape index (κ2) is 14.4. The van der Waals surface area contributed by atoms with Gasteiger partial charge in [0.15, 0.2) is 5.13 Å². The lowest BCUT2D eigenvalue weighted by molar-refractivity contribution is -0.143. The van der Waals surface area contributed by atoms with E-state index in [1.165, 1.54) is 29.7 Å². The molecule has 2 aliphatic rings. The van der Waals surface area contributed by atoms with E-state index < -0.39 is 17.6 Å². The van der Waals surface area contributed by atoms with Crippen LogP contribution in [0.25, 0.3) is 11.3 Å². The second-order valence-corrected chi connectivity index (χ2v) is 12.5. The van der Waals surface area contributed by atoms with Crippen LogP contribution in [0.15, 0.2) is 30.6 Å². The Morgan fingerprint density at radius 1 is 1.13 bits per heavy atom. The van der Waals surface area contributed by atoms with Crippen LogP contribution in [0.4, 0.5) is 24.1 Å². The zero-order chi connectivity index (χ0) is 32.1. The number of likely N-dealkylation sites (tertiary alicyclic amines) is 1. The SMILES string of the molecule is CCOC(=O)CCN1CCN(c2cnc(C(=O)Nc3nc(-c4ccc(Cl)c(C(F)(F)F)c4)c(CN4CCC[C@H]4C)s3)cn2)CC1. The standard InChI is InChI=1S/C30H35ClF3N7O3S/c1-3-44-26(42)8-10-39-11-13-40(14-12-39)25-17-35-23(16-36-25)28(43)38-29-37-27(24(45-29)18-41-9-4-5-19(41)2)20-6-7-22(31)21(15-20)30(32,33)34/h6-7,15-17,19H,3-5,8-14,18H2,1-2H3,(H,37,38,43)/t19-/m1/s1. The average Bonchev–Trinajstić information content (AvgIpc) is 3.61. The van der Waals surface area contributed by atoms with Crippen molar-refractivity contribution < 1.29 is 27.5 Å². The Bertz CT molecular complexity index is 1500. The highest BCUT2D eigenvalue weighted by Gasteiger charge is 2.34. The number of carbonyl (C=O) groups excluding carboxylic acids is 2. The fourth-order valence-corrected chi connectivity index (χ4v) is 6.72. The van der Waals surface area contributed by atoms with Crippen molar-refractivity contribution in [2.24, 2.45) is 0 Å². The molecule has 242 valence electrons. The third kappa shape index (κ3) is 8.29. The minimum atomic E-state index is -4.62. The molecular weight excluding hydrogens is 631 g/mol. The molecule has 2 saturated heterocycles. The molecule has 0 unspecified atom stereocenters. The van der Waals surface area contributed by atoms with Crippen LogP contribution in [0, 0.1) is 0 Å². The number of halogens is 4. The first-order valence-corrected chi connectivity index (χ1v) is 16.1. The zero-order valence-electron chi connectivity index (χ0n) is 25.1. The van der Waals surface area contributed by atoms with Gasteiger partial charge >= 0.3 is 12.1 Å². The van der Waals surface area contributed by atoms with Gasteiger partial charge in [0, 0.05) is 55.8 Å². The summed E-state index contributed by atoms with van der Waals surface area (Å²) in [6.07, 6.45) is 0.753. The molecule has 1 aromatic carbocycles. The van der Waals surface area contributed by atoms with Crippen molar-refractivity contribution >= 4 is 45.8 Å². The van der Waals surface area contributed by atoms with Crippen LogP contribution in [0.3, 0.4) is 0 Å². The highest BCUT2D eigenvalue weighted by molar-refractivity contribution is 7.16. The number of rotatable bonds is 10. The summed E-state index contributed by atoms with van der Waals surface area (Å²) >= 11 is 7.10. The topological polar surface area (TPSA) is 104 Å². The van der Waals surface area contributed by atoms with E-state index in [-0.39, 0.29) is 27.4 Å². The lowest BCUT2D eigenvalue weighted by atomic mass is 10.1. The zero-order valence-corrected chi connectivity index (χ0v) is 26.6. The van der Waals surface area contributed by atoms with Gasteiger partial charge in [0.2, 0.25) is 0 Å². The van der Waals surface area contributed by atoms with Gasteiger partial charge in [0.05, 0.1) is 41.7 Å². The number of esters is 1. The lowest BCUT2D eigenvalue weighted by Crippen LogP contribution is -2.47. The number of carbonyl (C=O) groups is 2. The van der Waals surface area contributed by atoms with E-state index in [0.717, 1.165) is 43.4 Å². The van der Waals surface area contributed by atoms with Gasteiger partial charge < -0.3 is 9.64 Å². The molecule has 0 radical (unpaired) electrons. The summed E-state index contributed by atoms with van der Waals surface area (Å²) in [7, 11) is 0. The predicted molar refractivity (Wildman–Crippen MR) is 167 cm³/mol. The molecule has 3 aromatic rings. The summed E-state index contributed by atoms with van der Waals surface area (Å²) in [6.45, 7) is 9.20. The van der Waals surface area contributed by atoms with Gasteiger partial charge in [-0.25, -0.2) is 15.0 Å². The molecule has 15 heteroatoms. The molecule has 0 aliphatic carbocycles. The molecule has 0 saturated carbocycles. The summed E-state index contributed by atoms with van der Waals surface area (Å²) in [5.74, 6) is -0.0868. The van der Waals surface area contributed by atoms with Gasteiger partial charge in [-0.05, 0) is 45.4 Å². The van der Waals surface area contributed by atoms with Gasteiger partial charge in [-0.15, -0.1) is 0 Å². The van der Waals surface area contributed by atoms with Crippen LogP contribution in [-0.2, 0) is 22.3 Å². The number of amides is 1. The summed E-state index contributed by atoms with van der Waals surface area (Å²) in [6, 6.07) is 4.07. The van der Waals surface area contributed by atoms with Crippen molar-refractivity contribution in [2.45, 2.75) is 51.9 Å². The first kappa shape index (κ1) is 33.0. The van der Waals surface area contributed by atoms with Gasteiger partial charge in [0.25, 0.3) is 5.91 Å². The van der Waals surface area contributed by atoms with Crippen molar-refractivity contribution in [3.63, 3.8) is 0 Å². The number of piperazine rings is 1. The monoisotopic (exact) mass is 665 g/mol. The Labute approximate surface area is 268 Å². The van der Waals surface area contributed by atoms with E-state index in [1.807, 2.05) is 0 Å². The number of aromatic nitrogens is 3. The number of thiazole rings is 1. The molecule has 2 fully saturated rings. The molecule has 1 amide bonds. The van der Waals surface area contributed by atoms with E-state index in [2.05, 4.69) is 41.9 Å². The Morgan fingerprint density at radius 2 is 1.91 bits per heavy atom.